The zero-order chi connectivity index (χ0) is 16.7. The third kappa shape index (κ3) is 1.63. The first-order chi connectivity index (χ1) is 11.4. The second-order valence-electron chi connectivity index (χ2n) is 8.77. The van der Waals surface area contributed by atoms with Gasteiger partial charge < -0.3 is 0 Å². The molecular weight excluding hydrogens is 320 g/mol. The number of allylic oxidation sites excluding steroid dienone is 2. The van der Waals surface area contributed by atoms with Crippen molar-refractivity contribution in [1.82, 2.24) is 0 Å². The van der Waals surface area contributed by atoms with Crippen molar-refractivity contribution < 1.29 is 0 Å². The van der Waals surface area contributed by atoms with Crippen molar-refractivity contribution in [2.75, 3.05) is 0 Å². The van der Waals surface area contributed by atoms with Gasteiger partial charge in [-0.2, -0.15) is 0 Å². The Morgan fingerprint density at radius 2 is 1.04 bits per heavy atom. The van der Waals surface area contributed by atoms with Crippen LogP contribution in [0.25, 0.3) is 12.2 Å². The summed E-state index contributed by atoms with van der Waals surface area (Å²) in [6.45, 7) is 10.5. The molecule has 0 aromatic heterocycles. The quantitative estimate of drug-likeness (QED) is 0.519. The second-order valence-corrected chi connectivity index (χ2v) is 18.0. The van der Waals surface area contributed by atoms with Gasteiger partial charge in [-0.25, -0.2) is 0 Å². The molecule has 24 heavy (non-hydrogen) atoms. The molecule has 1 fully saturated rings. The SMILES string of the molecule is C[Si]1(C)C2=Cc3ccccc3C2[Si](C)(C)C2C1=Cc1ccccc12. The molecule has 3 aliphatic rings. The Kier molecular flexibility index (Phi) is 2.75. The van der Waals surface area contributed by atoms with Gasteiger partial charge in [0.05, 0.1) is 8.07 Å². The van der Waals surface area contributed by atoms with Crippen molar-refractivity contribution in [2.45, 2.75) is 37.3 Å². The molecule has 2 atom stereocenters. The van der Waals surface area contributed by atoms with Gasteiger partial charge in [0.2, 0.25) is 0 Å². The van der Waals surface area contributed by atoms with E-state index in [1.165, 1.54) is 11.1 Å². The van der Waals surface area contributed by atoms with Crippen molar-refractivity contribution in [1.29, 1.82) is 0 Å². The molecular formula is C22H24Si2. The Labute approximate surface area is 147 Å². The molecule has 2 heteroatoms. The summed E-state index contributed by atoms with van der Waals surface area (Å²) in [4.78, 5) is 0. The molecule has 0 nitrogen and oxygen atoms in total. The van der Waals surface area contributed by atoms with Gasteiger partial charge >= 0.3 is 0 Å². The van der Waals surface area contributed by atoms with Crippen LogP contribution in [0.4, 0.5) is 0 Å². The van der Waals surface area contributed by atoms with Crippen molar-refractivity contribution >= 4 is 28.3 Å². The monoisotopic (exact) mass is 344 g/mol. The lowest BCUT2D eigenvalue weighted by atomic mass is 10.1. The average molecular weight is 345 g/mol. The van der Waals surface area contributed by atoms with Gasteiger partial charge in [-0.3, -0.25) is 0 Å². The van der Waals surface area contributed by atoms with Crippen LogP contribution in [0.2, 0.25) is 26.2 Å². The fourth-order valence-electron chi connectivity index (χ4n) is 5.67. The first kappa shape index (κ1) is 14.7. The van der Waals surface area contributed by atoms with Gasteiger partial charge in [0.1, 0.15) is 8.07 Å². The minimum atomic E-state index is -1.58. The molecule has 0 N–H and O–H groups in total. The van der Waals surface area contributed by atoms with Gasteiger partial charge in [0.25, 0.3) is 0 Å². The summed E-state index contributed by atoms with van der Waals surface area (Å²) in [5, 5.41) is 3.60. The van der Waals surface area contributed by atoms with Crippen molar-refractivity contribution in [2.24, 2.45) is 0 Å². The fraction of sp³-hybridized carbons (Fsp3) is 0.273. The van der Waals surface area contributed by atoms with Crippen LogP contribution in [0.1, 0.15) is 33.3 Å². The highest BCUT2D eigenvalue weighted by atomic mass is 28.3. The van der Waals surface area contributed by atoms with Gasteiger partial charge in [-0.1, -0.05) is 97.3 Å². The van der Waals surface area contributed by atoms with Crippen LogP contribution in [-0.2, 0) is 0 Å². The molecule has 0 amide bonds. The number of fused-ring (bicyclic) bond motifs is 6. The molecule has 120 valence electrons. The van der Waals surface area contributed by atoms with E-state index in [1.54, 1.807) is 21.5 Å². The van der Waals surface area contributed by atoms with E-state index in [1.807, 2.05) is 0 Å². The summed E-state index contributed by atoms with van der Waals surface area (Å²) in [6.07, 6.45) is 5.14. The summed E-state index contributed by atoms with van der Waals surface area (Å²) >= 11 is 0. The first-order valence-corrected chi connectivity index (χ1v) is 15.2. The van der Waals surface area contributed by atoms with Crippen molar-refractivity contribution in [3.05, 3.63) is 81.2 Å². The maximum atomic E-state index is 2.64. The van der Waals surface area contributed by atoms with Gasteiger partial charge in [0.15, 0.2) is 0 Å². The highest BCUT2D eigenvalue weighted by molar-refractivity contribution is 7.00. The predicted octanol–water partition coefficient (Wildman–Crippen LogP) is 5.94. The Hall–Kier alpha value is -1.65. The Bertz CT molecular complexity index is 857. The van der Waals surface area contributed by atoms with Crippen LogP contribution in [0.3, 0.4) is 0 Å². The summed E-state index contributed by atoms with van der Waals surface area (Å²) in [7, 11) is -3.12. The van der Waals surface area contributed by atoms with E-state index >= 15 is 0 Å². The molecule has 0 radical (unpaired) electrons. The standard InChI is InChI=1S/C22H24Si2/c1-23(2)19-13-15-9-5-7-11-17(15)21(19)24(3,4)22-18-12-8-6-10-16(18)14-20(22)23/h5-14,21-22H,1-4H3. The molecule has 2 aromatic rings. The first-order valence-electron chi connectivity index (χ1n) is 9.04. The molecule has 1 saturated heterocycles. The van der Waals surface area contributed by atoms with Crippen LogP contribution in [0, 0.1) is 0 Å². The van der Waals surface area contributed by atoms with Gasteiger partial charge in [-0.05, 0) is 33.3 Å². The smallest absolute Gasteiger partial charge is 0.0710 e. The Morgan fingerprint density at radius 3 is 1.50 bits per heavy atom. The van der Waals surface area contributed by atoms with Crippen LogP contribution < -0.4 is 0 Å². The van der Waals surface area contributed by atoms with Crippen LogP contribution in [0.5, 0.6) is 0 Å². The maximum absolute atomic E-state index is 2.64. The third-order valence-corrected chi connectivity index (χ3v) is 15.3. The predicted molar refractivity (Wildman–Crippen MR) is 109 cm³/mol. The van der Waals surface area contributed by atoms with E-state index in [-0.39, 0.29) is 0 Å². The lowest BCUT2D eigenvalue weighted by Crippen LogP contribution is -2.55. The van der Waals surface area contributed by atoms with E-state index in [4.69, 9.17) is 0 Å². The van der Waals surface area contributed by atoms with E-state index in [9.17, 15) is 0 Å². The zero-order valence-electron chi connectivity index (χ0n) is 14.9. The molecule has 2 unspecified atom stereocenters. The molecule has 1 heterocycles. The minimum Gasteiger partial charge on any atom is -0.0710 e. The molecule has 0 saturated carbocycles. The van der Waals surface area contributed by atoms with E-state index < -0.39 is 16.1 Å². The van der Waals surface area contributed by atoms with E-state index in [0.717, 1.165) is 0 Å². The van der Waals surface area contributed by atoms with Crippen molar-refractivity contribution in [3.63, 3.8) is 0 Å². The summed E-state index contributed by atoms with van der Waals surface area (Å²) in [5.41, 5.74) is 7.65. The summed E-state index contributed by atoms with van der Waals surface area (Å²) in [5.74, 6) is 0. The van der Waals surface area contributed by atoms with E-state index in [2.05, 4.69) is 86.9 Å². The number of hydrogen-bond donors (Lipinski definition) is 0. The molecule has 0 spiro atoms. The highest BCUT2D eigenvalue weighted by Crippen LogP contribution is 2.61. The normalized spacial score (nSPS) is 27.5. The summed E-state index contributed by atoms with van der Waals surface area (Å²) < 4.78 is 0. The van der Waals surface area contributed by atoms with Crippen LogP contribution in [-0.4, -0.2) is 16.1 Å². The van der Waals surface area contributed by atoms with Gasteiger partial charge in [0, 0.05) is 0 Å². The van der Waals surface area contributed by atoms with Crippen LogP contribution >= 0.6 is 0 Å². The molecule has 5 rings (SSSR count). The van der Waals surface area contributed by atoms with E-state index in [0.29, 0.717) is 11.1 Å². The second kappa shape index (κ2) is 4.50. The minimum absolute atomic E-state index is 0.712. The number of benzene rings is 2. The third-order valence-electron chi connectivity index (χ3n) is 6.79. The van der Waals surface area contributed by atoms with Crippen molar-refractivity contribution in [3.8, 4) is 0 Å². The average Bonchev–Trinajstić information content (AvgIpc) is 3.14. The number of hydrogen-bond acceptors (Lipinski definition) is 0. The zero-order valence-corrected chi connectivity index (χ0v) is 16.9. The molecule has 2 aliphatic carbocycles. The Morgan fingerprint density at radius 1 is 0.625 bits per heavy atom. The maximum Gasteiger partial charge on any atom is 0.103 e. The van der Waals surface area contributed by atoms with Gasteiger partial charge in [-0.15, -0.1) is 0 Å². The summed E-state index contributed by atoms with van der Waals surface area (Å²) in [6, 6.07) is 18.3. The molecule has 2 aromatic carbocycles. The lowest BCUT2D eigenvalue weighted by Gasteiger charge is -2.51. The molecule has 0 bridgehead atoms. The largest absolute Gasteiger partial charge is 0.103 e. The highest BCUT2D eigenvalue weighted by Gasteiger charge is 2.58. The molecule has 1 aliphatic heterocycles. The topological polar surface area (TPSA) is 0 Å². The Balaban J connectivity index is 1.80. The lowest BCUT2D eigenvalue weighted by molar-refractivity contribution is 0.983. The van der Waals surface area contributed by atoms with Crippen LogP contribution in [0.15, 0.2) is 58.9 Å². The fourth-order valence-corrected chi connectivity index (χ4v) is 17.4. The number of rotatable bonds is 0.